The normalized spacial score (nSPS) is 15.2. The molecule has 4 nitrogen and oxygen atoms in total. The van der Waals surface area contributed by atoms with Crippen LogP contribution < -0.4 is 5.32 Å². The van der Waals surface area contributed by atoms with Crippen LogP contribution in [0.2, 0.25) is 0 Å². The van der Waals surface area contributed by atoms with Crippen molar-refractivity contribution >= 4 is 0 Å². The molecule has 0 aromatic rings. The monoisotopic (exact) mass is 219 g/mol. The number of unbranched alkanes of at least 4 members (excludes halogenated alkanes) is 1. The summed E-state index contributed by atoms with van der Waals surface area (Å²) in [5, 5.41) is 12.5. The van der Waals surface area contributed by atoms with Gasteiger partial charge in [0.1, 0.15) is 6.10 Å². The molecule has 0 aliphatic rings. The van der Waals surface area contributed by atoms with E-state index >= 15 is 0 Å². The highest BCUT2D eigenvalue weighted by atomic mass is 16.5. The van der Waals surface area contributed by atoms with E-state index in [1.54, 1.807) is 0 Å². The van der Waals surface area contributed by atoms with Crippen LogP contribution in [-0.4, -0.2) is 50.7 Å². The fraction of sp³-hybridized carbons (Fsp3) is 1.00. The molecule has 0 fully saturated rings. The first kappa shape index (κ1) is 14.8. The van der Waals surface area contributed by atoms with E-state index in [4.69, 9.17) is 9.47 Å². The van der Waals surface area contributed by atoms with E-state index in [1.165, 1.54) is 0 Å². The second-order valence-electron chi connectivity index (χ2n) is 3.78. The van der Waals surface area contributed by atoms with E-state index in [0.29, 0.717) is 13.2 Å². The van der Waals surface area contributed by atoms with Crippen LogP contribution in [0.15, 0.2) is 0 Å². The molecule has 0 aromatic carbocycles. The zero-order valence-electron chi connectivity index (χ0n) is 10.2. The predicted octanol–water partition coefficient (Wildman–Crippen LogP) is 0.788. The van der Waals surface area contributed by atoms with Gasteiger partial charge in [0.25, 0.3) is 0 Å². The fourth-order valence-electron chi connectivity index (χ4n) is 1.14. The van der Waals surface area contributed by atoms with Crippen LogP contribution in [0.25, 0.3) is 0 Å². The van der Waals surface area contributed by atoms with Crippen molar-refractivity contribution in [3.63, 3.8) is 0 Å². The molecule has 0 aliphatic carbocycles. The molecule has 2 unspecified atom stereocenters. The van der Waals surface area contributed by atoms with E-state index < -0.39 is 6.10 Å². The fourth-order valence-corrected chi connectivity index (χ4v) is 1.14. The van der Waals surface area contributed by atoms with Gasteiger partial charge in [0.05, 0.1) is 19.3 Å². The Hall–Kier alpha value is -0.160. The average molecular weight is 219 g/mol. The van der Waals surface area contributed by atoms with Crippen LogP contribution in [-0.2, 0) is 9.47 Å². The summed E-state index contributed by atoms with van der Waals surface area (Å²) in [6.07, 6.45) is 1.77. The number of rotatable bonds is 10. The van der Waals surface area contributed by atoms with Crippen molar-refractivity contribution in [3.05, 3.63) is 0 Å². The predicted molar refractivity (Wildman–Crippen MR) is 61.1 cm³/mol. The van der Waals surface area contributed by atoms with Crippen LogP contribution in [0.1, 0.15) is 26.7 Å². The highest BCUT2D eigenvalue weighted by Crippen LogP contribution is 1.95. The van der Waals surface area contributed by atoms with Crippen LogP contribution in [0, 0.1) is 0 Å². The van der Waals surface area contributed by atoms with Gasteiger partial charge >= 0.3 is 0 Å². The number of likely N-dealkylation sites (N-methyl/N-ethyl adjacent to an activating group) is 1. The maximum atomic E-state index is 9.50. The van der Waals surface area contributed by atoms with Gasteiger partial charge in [-0.1, -0.05) is 13.3 Å². The van der Waals surface area contributed by atoms with Crippen molar-refractivity contribution in [3.8, 4) is 0 Å². The molecule has 0 rings (SSSR count). The van der Waals surface area contributed by atoms with Gasteiger partial charge in [-0.25, -0.2) is 0 Å². The minimum Gasteiger partial charge on any atom is -0.388 e. The number of hydrogen-bond acceptors (Lipinski definition) is 4. The summed E-state index contributed by atoms with van der Waals surface area (Å²) in [5.41, 5.74) is 0. The van der Waals surface area contributed by atoms with Gasteiger partial charge in [0.15, 0.2) is 0 Å². The van der Waals surface area contributed by atoms with Crippen molar-refractivity contribution in [2.45, 2.75) is 38.9 Å². The Balaban J connectivity index is 3.28. The summed E-state index contributed by atoms with van der Waals surface area (Å²) < 4.78 is 10.7. The molecule has 0 spiro atoms. The lowest BCUT2D eigenvalue weighted by molar-refractivity contribution is -0.0391. The summed E-state index contributed by atoms with van der Waals surface area (Å²) >= 11 is 0. The largest absolute Gasteiger partial charge is 0.388 e. The number of nitrogens with one attached hydrogen (secondary N) is 1. The van der Waals surface area contributed by atoms with E-state index in [-0.39, 0.29) is 6.10 Å². The summed E-state index contributed by atoms with van der Waals surface area (Å²) in [7, 11) is 1.88. The first-order valence-electron chi connectivity index (χ1n) is 5.72. The molecule has 0 bridgehead atoms. The lowest BCUT2D eigenvalue weighted by atomic mass is 10.3. The maximum Gasteiger partial charge on any atom is 0.101 e. The minimum atomic E-state index is -0.513. The van der Waals surface area contributed by atoms with Crippen LogP contribution in [0.4, 0.5) is 0 Å². The molecule has 0 heterocycles. The van der Waals surface area contributed by atoms with Crippen LogP contribution in [0.3, 0.4) is 0 Å². The molecule has 15 heavy (non-hydrogen) atoms. The number of hydrogen-bond donors (Lipinski definition) is 2. The van der Waals surface area contributed by atoms with Gasteiger partial charge in [-0.2, -0.15) is 0 Å². The third-order valence-corrected chi connectivity index (χ3v) is 2.02. The van der Waals surface area contributed by atoms with Crippen molar-refractivity contribution < 1.29 is 14.6 Å². The zero-order chi connectivity index (χ0) is 11.5. The molecule has 2 atom stereocenters. The molecule has 0 radical (unpaired) electrons. The molecule has 0 saturated heterocycles. The van der Waals surface area contributed by atoms with Crippen LogP contribution >= 0.6 is 0 Å². The van der Waals surface area contributed by atoms with Gasteiger partial charge < -0.3 is 19.9 Å². The smallest absolute Gasteiger partial charge is 0.101 e. The van der Waals surface area contributed by atoms with Gasteiger partial charge in [-0.05, 0) is 20.4 Å². The van der Waals surface area contributed by atoms with Gasteiger partial charge in [0.2, 0.25) is 0 Å². The third kappa shape index (κ3) is 10.1. The van der Waals surface area contributed by atoms with E-state index in [9.17, 15) is 5.11 Å². The molecule has 92 valence electrons. The SMILES string of the molecule is CCCCOCC(O)COC(C)CNC. The molecule has 0 aromatic heterocycles. The lowest BCUT2D eigenvalue weighted by Gasteiger charge is -2.16. The van der Waals surface area contributed by atoms with Gasteiger partial charge in [-0.3, -0.25) is 0 Å². The van der Waals surface area contributed by atoms with E-state index in [0.717, 1.165) is 26.0 Å². The second kappa shape index (κ2) is 10.4. The molecular weight excluding hydrogens is 194 g/mol. The summed E-state index contributed by atoms with van der Waals surface area (Å²) in [4.78, 5) is 0. The average Bonchev–Trinajstić information content (AvgIpc) is 2.22. The Bertz CT molecular complexity index is 133. The first-order chi connectivity index (χ1) is 7.20. The van der Waals surface area contributed by atoms with Crippen molar-refractivity contribution in [2.24, 2.45) is 0 Å². The quantitative estimate of drug-likeness (QED) is 0.533. The van der Waals surface area contributed by atoms with Crippen molar-refractivity contribution in [2.75, 3.05) is 33.4 Å². The third-order valence-electron chi connectivity index (χ3n) is 2.02. The van der Waals surface area contributed by atoms with Gasteiger partial charge in [0, 0.05) is 13.2 Å². The molecule has 0 amide bonds. The summed E-state index contributed by atoms with van der Waals surface area (Å²) in [6, 6.07) is 0. The molecule has 0 saturated carbocycles. The van der Waals surface area contributed by atoms with Crippen molar-refractivity contribution in [1.82, 2.24) is 5.32 Å². The molecule has 4 heteroatoms. The molecule has 0 aliphatic heterocycles. The van der Waals surface area contributed by atoms with Crippen LogP contribution in [0.5, 0.6) is 0 Å². The Labute approximate surface area is 93.0 Å². The topological polar surface area (TPSA) is 50.7 Å². The molecule has 2 N–H and O–H groups in total. The minimum absolute atomic E-state index is 0.125. The Kier molecular flexibility index (Phi) is 10.3. The number of ether oxygens (including phenoxy) is 2. The van der Waals surface area contributed by atoms with Crippen molar-refractivity contribution in [1.29, 1.82) is 0 Å². The standard InChI is InChI=1S/C11H25NO3/c1-4-5-6-14-8-11(13)9-15-10(2)7-12-3/h10-13H,4-9H2,1-3H3. The highest BCUT2D eigenvalue weighted by molar-refractivity contribution is 4.56. The summed E-state index contributed by atoms with van der Waals surface area (Å²) in [5.74, 6) is 0. The van der Waals surface area contributed by atoms with Gasteiger partial charge in [-0.15, -0.1) is 0 Å². The maximum absolute atomic E-state index is 9.50. The number of aliphatic hydroxyl groups excluding tert-OH is 1. The second-order valence-corrected chi connectivity index (χ2v) is 3.78. The Morgan fingerprint density at radius 2 is 2.07 bits per heavy atom. The van der Waals surface area contributed by atoms with E-state index in [1.807, 2.05) is 14.0 Å². The first-order valence-corrected chi connectivity index (χ1v) is 5.72. The molecular formula is C11H25NO3. The van der Waals surface area contributed by atoms with E-state index in [2.05, 4.69) is 12.2 Å². The zero-order valence-corrected chi connectivity index (χ0v) is 10.2. The Morgan fingerprint density at radius 3 is 2.67 bits per heavy atom. The lowest BCUT2D eigenvalue weighted by Crippen LogP contribution is -2.29. The summed E-state index contributed by atoms with van der Waals surface area (Å²) in [6.45, 7) is 6.31. The highest BCUT2D eigenvalue weighted by Gasteiger charge is 2.07. The Morgan fingerprint density at radius 1 is 1.33 bits per heavy atom. The number of aliphatic hydroxyl groups is 1.